The van der Waals surface area contributed by atoms with E-state index in [4.69, 9.17) is 4.74 Å². The van der Waals surface area contributed by atoms with Crippen LogP contribution in [0.15, 0.2) is 0 Å². The molecule has 0 saturated heterocycles. The lowest BCUT2D eigenvalue weighted by Gasteiger charge is -2.24. The van der Waals surface area contributed by atoms with Gasteiger partial charge in [0.1, 0.15) is 6.10 Å². The number of carbonyl (C=O) groups is 2. The molecule has 0 aromatic heterocycles. The lowest BCUT2D eigenvalue weighted by atomic mass is 10.0. The SMILES string of the molecule is CCCCCCCCCCCCCCCCCCCC(=O)OC(CCCCCCCCCCCCC)CC(=O)NC(CO)C(O)CCCCCCCCCCCCCCCCCCC. The zero-order chi connectivity index (χ0) is 46.7. The van der Waals surface area contributed by atoms with E-state index in [2.05, 4.69) is 26.1 Å². The van der Waals surface area contributed by atoms with Crippen LogP contribution < -0.4 is 5.32 Å². The van der Waals surface area contributed by atoms with Gasteiger partial charge in [0.2, 0.25) is 5.91 Å². The molecule has 0 fully saturated rings. The molecule has 0 bridgehead atoms. The second-order valence-corrected chi connectivity index (χ2v) is 20.4. The van der Waals surface area contributed by atoms with Gasteiger partial charge in [-0.25, -0.2) is 0 Å². The van der Waals surface area contributed by atoms with Crippen molar-refractivity contribution < 1.29 is 24.5 Å². The molecule has 0 radical (unpaired) electrons. The molecule has 0 aliphatic heterocycles. The van der Waals surface area contributed by atoms with Crippen LogP contribution >= 0.6 is 0 Å². The molecule has 3 N–H and O–H groups in total. The molecule has 0 saturated carbocycles. The van der Waals surface area contributed by atoms with Gasteiger partial charge in [0.15, 0.2) is 0 Å². The van der Waals surface area contributed by atoms with Crippen molar-refractivity contribution in [2.24, 2.45) is 0 Å². The van der Waals surface area contributed by atoms with E-state index < -0.39 is 18.2 Å². The molecule has 1 amide bonds. The van der Waals surface area contributed by atoms with E-state index in [0.717, 1.165) is 38.5 Å². The number of aliphatic hydroxyl groups is 2. The first-order valence-electron chi connectivity index (χ1n) is 29.3. The van der Waals surface area contributed by atoms with Gasteiger partial charge in [0, 0.05) is 6.42 Å². The minimum Gasteiger partial charge on any atom is -0.462 e. The molecule has 6 nitrogen and oxygen atoms in total. The van der Waals surface area contributed by atoms with Gasteiger partial charge in [-0.2, -0.15) is 0 Å². The standard InChI is InChI=1S/C58H115NO5/c1-4-7-10-13-16-19-22-24-26-28-30-32-35-38-41-44-47-50-56(61)55(53-60)59-57(62)52-54(49-46-43-40-37-34-21-18-15-12-9-6-3)64-58(63)51-48-45-42-39-36-33-31-29-27-25-23-20-17-14-11-8-5-2/h54-56,60-61H,4-53H2,1-3H3,(H,59,62). The predicted octanol–water partition coefficient (Wildman–Crippen LogP) is 17.9. The first kappa shape index (κ1) is 62.9. The van der Waals surface area contributed by atoms with Crippen LogP contribution in [0.2, 0.25) is 0 Å². The number of esters is 1. The summed E-state index contributed by atoms with van der Waals surface area (Å²) in [6.45, 7) is 6.53. The maximum Gasteiger partial charge on any atom is 0.306 e. The Labute approximate surface area is 400 Å². The number of rotatable bonds is 54. The molecular weight excluding hydrogens is 791 g/mol. The normalized spacial score (nSPS) is 13.0. The highest BCUT2D eigenvalue weighted by molar-refractivity contribution is 5.77. The molecule has 0 aromatic rings. The van der Waals surface area contributed by atoms with Crippen molar-refractivity contribution in [2.75, 3.05) is 6.61 Å². The van der Waals surface area contributed by atoms with Crippen LogP contribution in [-0.4, -0.2) is 46.9 Å². The molecule has 3 unspecified atom stereocenters. The zero-order valence-electron chi connectivity index (χ0n) is 43.7. The molecule has 6 heteroatoms. The summed E-state index contributed by atoms with van der Waals surface area (Å²) in [4.78, 5) is 26.2. The maximum atomic E-state index is 13.2. The fraction of sp³-hybridized carbons (Fsp3) is 0.966. The molecule has 3 atom stereocenters. The minimum absolute atomic E-state index is 0.0882. The van der Waals surface area contributed by atoms with Gasteiger partial charge in [-0.05, 0) is 25.7 Å². The fourth-order valence-electron chi connectivity index (χ4n) is 9.49. The first-order valence-corrected chi connectivity index (χ1v) is 29.3. The van der Waals surface area contributed by atoms with Crippen LogP contribution in [0.25, 0.3) is 0 Å². The van der Waals surface area contributed by atoms with Crippen molar-refractivity contribution in [2.45, 2.75) is 354 Å². The molecule has 64 heavy (non-hydrogen) atoms. The topological polar surface area (TPSA) is 95.9 Å². The average Bonchev–Trinajstić information content (AvgIpc) is 3.29. The second-order valence-electron chi connectivity index (χ2n) is 20.4. The molecular formula is C58H115NO5. The minimum atomic E-state index is -0.780. The zero-order valence-corrected chi connectivity index (χ0v) is 43.7. The van der Waals surface area contributed by atoms with E-state index in [9.17, 15) is 19.8 Å². The maximum absolute atomic E-state index is 13.2. The van der Waals surface area contributed by atoms with Crippen LogP contribution in [0.3, 0.4) is 0 Å². The quantitative estimate of drug-likeness (QED) is 0.0417. The van der Waals surface area contributed by atoms with E-state index in [1.54, 1.807) is 0 Å². The fourth-order valence-corrected chi connectivity index (χ4v) is 9.49. The predicted molar refractivity (Wildman–Crippen MR) is 278 cm³/mol. The van der Waals surface area contributed by atoms with Crippen molar-refractivity contribution >= 4 is 11.9 Å². The smallest absolute Gasteiger partial charge is 0.306 e. The molecule has 0 heterocycles. The highest BCUT2D eigenvalue weighted by Crippen LogP contribution is 2.19. The molecule has 0 aliphatic carbocycles. The highest BCUT2D eigenvalue weighted by atomic mass is 16.5. The molecule has 0 spiro atoms. The van der Waals surface area contributed by atoms with Crippen molar-refractivity contribution in [3.63, 3.8) is 0 Å². The summed E-state index contributed by atoms with van der Waals surface area (Å²) in [5.41, 5.74) is 0. The molecule has 0 aromatic carbocycles. The van der Waals surface area contributed by atoms with Gasteiger partial charge >= 0.3 is 5.97 Å². The summed E-state index contributed by atoms with van der Waals surface area (Å²) in [5, 5.41) is 23.9. The van der Waals surface area contributed by atoms with Gasteiger partial charge in [0.25, 0.3) is 0 Å². The number of carbonyl (C=O) groups excluding carboxylic acids is 2. The Balaban J connectivity index is 4.39. The summed E-state index contributed by atoms with van der Waals surface area (Å²) in [6.07, 6.45) is 58.9. The summed E-state index contributed by atoms with van der Waals surface area (Å²) in [7, 11) is 0. The van der Waals surface area contributed by atoms with E-state index in [-0.39, 0.29) is 24.9 Å². The Kier molecular flexibility index (Phi) is 51.9. The van der Waals surface area contributed by atoms with Crippen LogP contribution in [0.5, 0.6) is 0 Å². The largest absolute Gasteiger partial charge is 0.462 e. The number of hydrogen-bond donors (Lipinski definition) is 3. The van der Waals surface area contributed by atoms with Gasteiger partial charge < -0.3 is 20.3 Å². The number of hydrogen-bond acceptors (Lipinski definition) is 5. The monoisotopic (exact) mass is 906 g/mol. The van der Waals surface area contributed by atoms with Crippen molar-refractivity contribution in [1.29, 1.82) is 0 Å². The van der Waals surface area contributed by atoms with E-state index in [1.807, 2.05) is 0 Å². The Bertz CT molecular complexity index is 928. The van der Waals surface area contributed by atoms with Crippen LogP contribution in [-0.2, 0) is 14.3 Å². The Hall–Kier alpha value is -1.14. The van der Waals surface area contributed by atoms with E-state index >= 15 is 0 Å². The lowest BCUT2D eigenvalue weighted by molar-refractivity contribution is -0.151. The summed E-state index contributed by atoms with van der Waals surface area (Å²) < 4.78 is 5.96. The van der Waals surface area contributed by atoms with Gasteiger partial charge in [-0.3, -0.25) is 9.59 Å². The van der Waals surface area contributed by atoms with Gasteiger partial charge in [-0.1, -0.05) is 297 Å². The number of ether oxygens (including phenoxy) is 1. The number of aliphatic hydroxyl groups excluding tert-OH is 2. The highest BCUT2D eigenvalue weighted by Gasteiger charge is 2.24. The van der Waals surface area contributed by atoms with Crippen molar-refractivity contribution in [1.82, 2.24) is 5.32 Å². The van der Waals surface area contributed by atoms with E-state index in [0.29, 0.717) is 19.3 Å². The van der Waals surface area contributed by atoms with Gasteiger partial charge in [-0.15, -0.1) is 0 Å². The molecule has 0 aliphatic rings. The lowest BCUT2D eigenvalue weighted by Crippen LogP contribution is -2.46. The summed E-state index contributed by atoms with van der Waals surface area (Å²) in [5.74, 6) is -0.446. The van der Waals surface area contributed by atoms with Gasteiger partial charge in [0.05, 0.1) is 25.2 Å². The Morgan fingerprint density at radius 1 is 0.391 bits per heavy atom. The third-order valence-electron chi connectivity index (χ3n) is 13.9. The summed E-state index contributed by atoms with van der Waals surface area (Å²) >= 11 is 0. The second kappa shape index (κ2) is 52.8. The van der Waals surface area contributed by atoms with Crippen molar-refractivity contribution in [3.05, 3.63) is 0 Å². The molecule has 0 rings (SSSR count). The Morgan fingerprint density at radius 3 is 0.953 bits per heavy atom. The third kappa shape index (κ3) is 47.4. The molecule has 382 valence electrons. The first-order chi connectivity index (χ1) is 31.5. The third-order valence-corrected chi connectivity index (χ3v) is 13.9. The van der Waals surface area contributed by atoms with Crippen LogP contribution in [0, 0.1) is 0 Å². The Morgan fingerprint density at radius 2 is 0.656 bits per heavy atom. The van der Waals surface area contributed by atoms with Crippen molar-refractivity contribution in [3.8, 4) is 0 Å². The summed E-state index contributed by atoms with van der Waals surface area (Å²) in [6, 6.07) is -0.693. The van der Waals surface area contributed by atoms with Crippen LogP contribution in [0.1, 0.15) is 335 Å². The number of amides is 1. The van der Waals surface area contributed by atoms with Crippen LogP contribution in [0.4, 0.5) is 0 Å². The average molecular weight is 907 g/mol. The van der Waals surface area contributed by atoms with E-state index in [1.165, 1.54) is 250 Å². The number of unbranched alkanes of at least 4 members (excludes halogenated alkanes) is 42. The number of nitrogens with one attached hydrogen (secondary N) is 1.